The summed E-state index contributed by atoms with van der Waals surface area (Å²) in [5.41, 5.74) is 4.55. The number of hydrogen-bond acceptors (Lipinski definition) is 35. The zero-order valence-corrected chi connectivity index (χ0v) is 61.8. The lowest BCUT2D eigenvalue weighted by molar-refractivity contribution is -0.202. The van der Waals surface area contributed by atoms with Crippen molar-refractivity contribution in [1.29, 1.82) is 0 Å². The number of fused-ring (bicyclic) bond motifs is 9. The third-order valence-electron chi connectivity index (χ3n) is 18.6. The van der Waals surface area contributed by atoms with E-state index < -0.39 is 140 Å². The molecule has 109 heavy (non-hydrogen) atoms. The largest absolute Gasteiger partial charge is 0.479 e. The second kappa shape index (κ2) is 29.5. The third-order valence-corrected chi connectivity index (χ3v) is 20.0. The highest BCUT2D eigenvalue weighted by Gasteiger charge is 2.62. The van der Waals surface area contributed by atoms with Gasteiger partial charge in [0.1, 0.15) is 139 Å². The maximum absolute atomic E-state index is 11.5. The molecule has 9 aliphatic rings. The van der Waals surface area contributed by atoms with E-state index in [4.69, 9.17) is 125 Å². The molecular formula is C62H67Cl5N20O22. The second-order valence-electron chi connectivity index (χ2n) is 27.5. The van der Waals surface area contributed by atoms with Crippen molar-refractivity contribution in [1.82, 2.24) is 97.6 Å². The lowest BCUT2D eigenvalue weighted by Gasteiger charge is -2.24. The van der Waals surface area contributed by atoms with Crippen molar-refractivity contribution in [2.24, 2.45) is 0 Å². The number of imidazole rings is 5. The SMILES string of the molecule is CC1(C)O[C@@H]2[C@H](O1)[C@@H](C(=O)O)O[C@H]2n1cnc2c(Cl)ncnc21.CC1(C)O[C@@H]2[C@H](O1)[C@@H](C(=O)O)O[C@H]2n1cnc2c(Cl)ncnc21.CC1(C)O[C@@H]2[C@H](O1)[C@@H](CO)O[C@H]2n1cnc2c(Cl)ncnc21.CC1(C)O[C@@H]2[C@H](O1)[C@@H](CO)O[C@H]2n1cnc2c(Cl)ncnc21.OC[C@H]1O[C@@H](n2cnc3c(Cl)ncnc32)[C@H](O)[C@@H]1O. The van der Waals surface area contributed by atoms with Crippen LogP contribution >= 0.6 is 58.0 Å². The van der Waals surface area contributed by atoms with Crippen LogP contribution in [0.1, 0.15) is 86.5 Å². The van der Waals surface area contributed by atoms with Crippen molar-refractivity contribution in [3.63, 3.8) is 0 Å². The number of hydrogen-bond donors (Lipinski definition) is 7. The van der Waals surface area contributed by atoms with Gasteiger partial charge in [0.2, 0.25) is 0 Å². The minimum atomic E-state index is -1.19. The van der Waals surface area contributed by atoms with E-state index in [9.17, 15) is 40.2 Å². The molecule has 10 aromatic heterocycles. The number of carboxylic acid groups (broad SMARTS) is 2. The zero-order valence-electron chi connectivity index (χ0n) is 58.0. The summed E-state index contributed by atoms with van der Waals surface area (Å²) in [5.74, 6) is -5.47. The average molecular weight is 1620 g/mol. The fraction of sp³-hybridized carbons (Fsp3) is 0.565. The highest BCUT2D eigenvalue weighted by Crippen LogP contribution is 2.49. The van der Waals surface area contributed by atoms with Crippen molar-refractivity contribution < 1.29 is 107 Å². The molecule has 0 radical (unpaired) electrons. The van der Waals surface area contributed by atoms with Crippen molar-refractivity contribution in [2.45, 2.75) is 201 Å². The van der Waals surface area contributed by atoms with E-state index in [1.165, 1.54) is 55.2 Å². The molecular weight excluding hydrogens is 1550 g/mol. The normalized spacial score (nSPS) is 32.6. The Kier molecular flexibility index (Phi) is 20.8. The number of halogens is 5. The number of aliphatic hydroxyl groups excluding tert-OH is 5. The van der Waals surface area contributed by atoms with Crippen molar-refractivity contribution in [2.75, 3.05) is 19.8 Å². The fourth-order valence-electron chi connectivity index (χ4n) is 14.2. The van der Waals surface area contributed by atoms with Gasteiger partial charge in [-0.15, -0.1) is 0 Å². The van der Waals surface area contributed by atoms with Crippen molar-refractivity contribution >= 4 is 126 Å². The summed E-state index contributed by atoms with van der Waals surface area (Å²) in [5, 5.41) is 67.7. The Balaban J connectivity index is 0.000000109. The van der Waals surface area contributed by atoms with Gasteiger partial charge in [0.05, 0.1) is 51.5 Å². The molecule has 0 aliphatic carbocycles. The summed E-state index contributed by atoms with van der Waals surface area (Å²) in [7, 11) is 0. The van der Waals surface area contributed by atoms with Crippen LogP contribution in [0.25, 0.3) is 55.8 Å². The Bertz CT molecular complexity index is 4810. The van der Waals surface area contributed by atoms with E-state index in [1.807, 2.05) is 27.7 Å². The van der Waals surface area contributed by atoms with Gasteiger partial charge in [0.15, 0.2) is 120 Å². The van der Waals surface area contributed by atoms with E-state index in [-0.39, 0.29) is 63.4 Å². The van der Waals surface area contributed by atoms with Crippen LogP contribution in [0.2, 0.25) is 25.8 Å². The summed E-state index contributed by atoms with van der Waals surface area (Å²) in [6.07, 6.45) is 0.291. The summed E-state index contributed by atoms with van der Waals surface area (Å²) in [4.78, 5) is 83.9. The van der Waals surface area contributed by atoms with Gasteiger partial charge >= 0.3 is 11.9 Å². The Morgan fingerprint density at radius 2 is 0.560 bits per heavy atom. The van der Waals surface area contributed by atoms with Gasteiger partial charge in [0.25, 0.3) is 0 Å². The first-order chi connectivity index (χ1) is 51.9. The summed E-state index contributed by atoms with van der Waals surface area (Å²) in [6.45, 7) is 13.6. The minimum Gasteiger partial charge on any atom is -0.479 e. The quantitative estimate of drug-likeness (QED) is 0.0968. The maximum Gasteiger partial charge on any atom is 0.335 e. The molecule has 7 N–H and O–H groups in total. The van der Waals surface area contributed by atoms with Crippen LogP contribution in [-0.4, -0.2) is 280 Å². The fourth-order valence-corrected chi connectivity index (χ4v) is 15.1. The van der Waals surface area contributed by atoms with Gasteiger partial charge < -0.3 is 97.3 Å². The van der Waals surface area contributed by atoms with E-state index in [1.54, 1.807) is 58.6 Å². The molecule has 10 aromatic rings. The van der Waals surface area contributed by atoms with Crippen LogP contribution in [0.5, 0.6) is 0 Å². The number of carboxylic acids is 2. The predicted octanol–water partition coefficient (Wildman–Crippen LogP) is 2.83. The molecule has 19 rings (SSSR count). The number of carbonyl (C=O) groups is 2. The monoisotopic (exact) mass is 1620 g/mol. The Hall–Kier alpha value is -7.58. The molecule has 9 aliphatic heterocycles. The van der Waals surface area contributed by atoms with Gasteiger partial charge in [-0.2, -0.15) is 0 Å². The number of ether oxygens (including phenoxy) is 13. The molecule has 0 unspecified atom stereocenters. The molecule has 9 fully saturated rings. The number of aliphatic hydroxyl groups is 5. The number of rotatable bonds is 10. The zero-order chi connectivity index (χ0) is 77.2. The number of aliphatic carboxylic acids is 2. The summed E-state index contributed by atoms with van der Waals surface area (Å²) in [6, 6.07) is 0. The average Bonchev–Trinajstić information content (AvgIpc) is 1.60. The molecule has 0 saturated carbocycles. The van der Waals surface area contributed by atoms with Crippen LogP contribution < -0.4 is 0 Å². The summed E-state index contributed by atoms with van der Waals surface area (Å²) >= 11 is 29.9. The highest BCUT2D eigenvalue weighted by atomic mass is 35.5. The molecule has 0 amide bonds. The van der Waals surface area contributed by atoms with Crippen LogP contribution in [0, 0.1) is 0 Å². The molecule has 0 aromatic carbocycles. The van der Waals surface area contributed by atoms with E-state index in [0.29, 0.717) is 55.8 Å². The maximum atomic E-state index is 11.5. The topological polar surface area (TPSA) is 514 Å². The molecule has 582 valence electrons. The predicted molar refractivity (Wildman–Crippen MR) is 365 cm³/mol. The Morgan fingerprint density at radius 3 is 0.817 bits per heavy atom. The van der Waals surface area contributed by atoms with Gasteiger partial charge in [-0.25, -0.2) is 84.3 Å². The van der Waals surface area contributed by atoms with Crippen molar-refractivity contribution in [3.05, 3.63) is 89.0 Å². The van der Waals surface area contributed by atoms with E-state index >= 15 is 0 Å². The Morgan fingerprint density at radius 1 is 0.330 bits per heavy atom. The molecule has 0 bridgehead atoms. The van der Waals surface area contributed by atoms with Gasteiger partial charge in [-0.1, -0.05) is 58.0 Å². The van der Waals surface area contributed by atoms with Crippen molar-refractivity contribution in [3.8, 4) is 0 Å². The lowest BCUT2D eigenvalue weighted by atomic mass is 10.1. The van der Waals surface area contributed by atoms with Gasteiger partial charge in [0, 0.05) is 0 Å². The molecule has 47 heteroatoms. The lowest BCUT2D eigenvalue weighted by Crippen LogP contribution is -2.35. The van der Waals surface area contributed by atoms with Crippen LogP contribution in [0.4, 0.5) is 0 Å². The highest BCUT2D eigenvalue weighted by molar-refractivity contribution is 6.35. The first-order valence-corrected chi connectivity index (χ1v) is 35.3. The molecule has 0 spiro atoms. The Labute approximate surface area is 637 Å². The first kappa shape index (κ1) is 76.8. The third kappa shape index (κ3) is 14.2. The van der Waals surface area contributed by atoms with E-state index in [2.05, 4.69) is 74.8 Å². The van der Waals surface area contributed by atoms with Crippen LogP contribution in [0.15, 0.2) is 63.3 Å². The second-order valence-corrected chi connectivity index (χ2v) is 29.3. The number of nitrogens with zero attached hydrogens (tertiary/aromatic N) is 20. The smallest absolute Gasteiger partial charge is 0.335 e. The number of aromatic nitrogens is 20. The molecule has 9 saturated heterocycles. The summed E-state index contributed by atoms with van der Waals surface area (Å²) < 4.78 is 83.2. The first-order valence-electron chi connectivity index (χ1n) is 33.4. The van der Waals surface area contributed by atoms with Gasteiger partial charge in [-0.3, -0.25) is 22.8 Å². The molecule has 20 atom stereocenters. The van der Waals surface area contributed by atoms with E-state index in [0.717, 1.165) is 0 Å². The molecule has 19 heterocycles. The standard InChI is InChI=1S/2C13H13ClN4O5.2C13H15ClN4O4.C10H11ClN4O4/c2*1-13(2)22-6-7(23-13)11(21-8(6)12(19)20)18-4-17-5-9(14)15-3-16-10(5)18;2*1-13(2)21-8-6(3-19)20-12(9(8)22-13)18-5-17-7-10(14)15-4-16-11(7)18;11-8-5-9(13-2-12-8)15(3-14-5)10-7(18)6(17)4(1-16)19-10/h2*3-4,6-8,11H,1-2H3,(H,19,20);2*4-6,8-9,12,19H,3H2,1-2H3;2-4,6-7,10,16-18H,1H2/t2*6-,7+,8-,11+;2*6-,8-,9-,12-;4-,6-,7-,10-/m00111/s1. The minimum absolute atomic E-state index is 0.153. The van der Waals surface area contributed by atoms with Gasteiger partial charge in [-0.05, 0) is 55.4 Å². The molecule has 42 nitrogen and oxygen atoms in total. The van der Waals surface area contributed by atoms with Crippen LogP contribution in [0.3, 0.4) is 0 Å². The van der Waals surface area contributed by atoms with Crippen LogP contribution in [-0.2, 0) is 71.2 Å².